The molecule has 1 aliphatic carbocycles. The predicted molar refractivity (Wildman–Crippen MR) is 68.8 cm³/mol. The minimum absolute atomic E-state index is 0.0701. The highest BCUT2D eigenvalue weighted by Crippen LogP contribution is 2.46. The molecule has 3 heterocycles. The van der Waals surface area contributed by atoms with Crippen molar-refractivity contribution in [1.29, 1.82) is 0 Å². The summed E-state index contributed by atoms with van der Waals surface area (Å²) in [5.41, 5.74) is 1.30. The lowest BCUT2D eigenvalue weighted by atomic mass is 10.0. The van der Waals surface area contributed by atoms with Crippen LogP contribution in [-0.2, 0) is 23.9 Å². The van der Waals surface area contributed by atoms with Gasteiger partial charge in [0.15, 0.2) is 0 Å². The van der Waals surface area contributed by atoms with Crippen molar-refractivity contribution >= 4 is 0 Å². The zero-order valence-corrected chi connectivity index (χ0v) is 11.6. The second-order valence-corrected chi connectivity index (χ2v) is 6.15. The molecule has 7 heteroatoms. The summed E-state index contributed by atoms with van der Waals surface area (Å²) >= 11 is 0. The lowest BCUT2D eigenvalue weighted by Gasteiger charge is -2.25. The predicted octanol–water partition coefficient (Wildman–Crippen LogP) is 2.29. The van der Waals surface area contributed by atoms with Crippen LogP contribution in [0, 0.1) is 5.92 Å². The van der Waals surface area contributed by atoms with Gasteiger partial charge in [0.1, 0.15) is 0 Å². The summed E-state index contributed by atoms with van der Waals surface area (Å²) in [6.45, 7) is 1.68. The van der Waals surface area contributed by atoms with Gasteiger partial charge in [-0.3, -0.25) is 0 Å². The number of aromatic nitrogens is 2. The van der Waals surface area contributed by atoms with E-state index in [0.29, 0.717) is 44.1 Å². The van der Waals surface area contributed by atoms with Crippen LogP contribution in [-0.4, -0.2) is 28.8 Å². The van der Waals surface area contributed by atoms with E-state index >= 15 is 0 Å². The third-order valence-electron chi connectivity index (χ3n) is 4.70. The van der Waals surface area contributed by atoms with E-state index < -0.39 is 12.0 Å². The summed E-state index contributed by atoms with van der Waals surface area (Å²) < 4.78 is 47.4. The fourth-order valence-electron chi connectivity index (χ4n) is 3.64. The van der Waals surface area contributed by atoms with Gasteiger partial charge >= 0.3 is 6.18 Å². The van der Waals surface area contributed by atoms with Crippen LogP contribution in [0.3, 0.4) is 0 Å². The molecule has 0 bridgehead atoms. The van der Waals surface area contributed by atoms with Crippen molar-refractivity contribution in [3.05, 3.63) is 17.2 Å². The molecule has 21 heavy (non-hydrogen) atoms. The number of alkyl halides is 3. The van der Waals surface area contributed by atoms with Crippen LogP contribution in [0.15, 0.2) is 0 Å². The van der Waals surface area contributed by atoms with E-state index in [0.717, 1.165) is 18.5 Å². The van der Waals surface area contributed by atoms with Crippen LogP contribution in [0.1, 0.15) is 42.5 Å². The average molecular weight is 301 g/mol. The van der Waals surface area contributed by atoms with Gasteiger partial charge in [-0.05, 0) is 25.2 Å². The third kappa shape index (κ3) is 2.26. The van der Waals surface area contributed by atoms with Crippen LogP contribution >= 0.6 is 0 Å². The molecule has 1 N–H and O–H groups in total. The Balaban J connectivity index is 1.80. The SMILES string of the molecule is FC(F)(F)c1nc2c(n1C1CCOC1C1CC1)CCNC2. The fourth-order valence-corrected chi connectivity index (χ4v) is 3.64. The van der Waals surface area contributed by atoms with Crippen molar-refractivity contribution in [2.45, 2.75) is 50.6 Å². The first-order valence-corrected chi connectivity index (χ1v) is 7.55. The Hall–Kier alpha value is -1.08. The molecule has 2 aliphatic heterocycles. The number of hydrogen-bond donors (Lipinski definition) is 1. The quantitative estimate of drug-likeness (QED) is 0.911. The first kappa shape index (κ1) is 13.6. The normalized spacial score (nSPS) is 29.7. The molecule has 0 amide bonds. The number of ether oxygens (including phenoxy) is 1. The molecular weight excluding hydrogens is 283 g/mol. The summed E-state index contributed by atoms with van der Waals surface area (Å²) in [5, 5.41) is 3.10. The first-order chi connectivity index (χ1) is 10.1. The molecule has 116 valence electrons. The highest BCUT2D eigenvalue weighted by molar-refractivity contribution is 5.23. The standard InChI is InChI=1S/C14H18F3N3O/c15-14(16,17)13-19-9-7-18-5-3-10(9)20(13)11-4-6-21-12(11)8-1-2-8/h8,11-12,18H,1-7H2. The number of rotatable bonds is 2. The van der Waals surface area contributed by atoms with E-state index in [1.165, 1.54) is 4.57 Å². The van der Waals surface area contributed by atoms with Crippen molar-refractivity contribution in [2.24, 2.45) is 5.92 Å². The van der Waals surface area contributed by atoms with E-state index in [9.17, 15) is 13.2 Å². The van der Waals surface area contributed by atoms with Crippen molar-refractivity contribution in [3.63, 3.8) is 0 Å². The minimum atomic E-state index is -4.41. The summed E-state index contributed by atoms with van der Waals surface area (Å²) in [4.78, 5) is 3.90. The summed E-state index contributed by atoms with van der Waals surface area (Å²) in [5.74, 6) is -0.310. The van der Waals surface area contributed by atoms with Gasteiger partial charge in [0.05, 0.1) is 17.8 Å². The highest BCUT2D eigenvalue weighted by Gasteiger charge is 2.47. The molecule has 2 unspecified atom stereocenters. The highest BCUT2D eigenvalue weighted by atomic mass is 19.4. The molecule has 4 rings (SSSR count). The Morgan fingerprint density at radius 3 is 2.76 bits per heavy atom. The van der Waals surface area contributed by atoms with E-state index in [2.05, 4.69) is 10.3 Å². The summed E-state index contributed by atoms with van der Waals surface area (Å²) in [6, 6.07) is -0.205. The van der Waals surface area contributed by atoms with Crippen LogP contribution in [0.4, 0.5) is 13.2 Å². The summed E-state index contributed by atoms with van der Waals surface area (Å²) in [7, 11) is 0. The van der Waals surface area contributed by atoms with Crippen molar-refractivity contribution in [1.82, 2.24) is 14.9 Å². The maximum absolute atomic E-state index is 13.4. The topological polar surface area (TPSA) is 39.1 Å². The van der Waals surface area contributed by atoms with Crippen LogP contribution in [0.25, 0.3) is 0 Å². The smallest absolute Gasteiger partial charge is 0.376 e. The van der Waals surface area contributed by atoms with Crippen LogP contribution in [0.2, 0.25) is 0 Å². The Morgan fingerprint density at radius 2 is 2.05 bits per heavy atom. The Morgan fingerprint density at radius 1 is 1.24 bits per heavy atom. The Kier molecular flexibility index (Phi) is 3.04. The second-order valence-electron chi connectivity index (χ2n) is 6.15. The van der Waals surface area contributed by atoms with E-state index in [4.69, 9.17) is 4.74 Å². The molecule has 1 saturated heterocycles. The van der Waals surface area contributed by atoms with Crippen molar-refractivity contribution < 1.29 is 17.9 Å². The van der Waals surface area contributed by atoms with Gasteiger partial charge in [-0.1, -0.05) is 0 Å². The van der Waals surface area contributed by atoms with Gasteiger partial charge in [0.25, 0.3) is 0 Å². The molecule has 0 spiro atoms. The number of fused-ring (bicyclic) bond motifs is 1. The summed E-state index contributed by atoms with van der Waals surface area (Å²) in [6.07, 6.45) is -1.08. The van der Waals surface area contributed by atoms with Crippen LogP contribution < -0.4 is 5.32 Å². The number of nitrogens with one attached hydrogen (secondary N) is 1. The first-order valence-electron chi connectivity index (χ1n) is 7.55. The van der Waals surface area contributed by atoms with E-state index in [1.54, 1.807) is 0 Å². The number of nitrogens with zero attached hydrogens (tertiary/aromatic N) is 2. The molecule has 1 saturated carbocycles. The maximum Gasteiger partial charge on any atom is 0.449 e. The number of hydrogen-bond acceptors (Lipinski definition) is 3. The fraction of sp³-hybridized carbons (Fsp3) is 0.786. The second kappa shape index (κ2) is 4.71. The molecule has 3 aliphatic rings. The van der Waals surface area contributed by atoms with Crippen LogP contribution in [0.5, 0.6) is 0 Å². The molecule has 2 atom stereocenters. The van der Waals surface area contributed by atoms with Crippen molar-refractivity contribution in [2.75, 3.05) is 13.2 Å². The zero-order valence-electron chi connectivity index (χ0n) is 11.6. The van der Waals surface area contributed by atoms with Gasteiger partial charge in [-0.15, -0.1) is 0 Å². The molecular formula is C14H18F3N3O. The van der Waals surface area contributed by atoms with Gasteiger partial charge < -0.3 is 14.6 Å². The van der Waals surface area contributed by atoms with E-state index in [1.807, 2.05) is 0 Å². The molecule has 2 fully saturated rings. The van der Waals surface area contributed by atoms with Crippen molar-refractivity contribution in [3.8, 4) is 0 Å². The Bertz CT molecular complexity index is 550. The maximum atomic E-state index is 13.4. The zero-order chi connectivity index (χ0) is 14.6. The molecule has 1 aromatic rings. The van der Waals surface area contributed by atoms with Gasteiger partial charge in [-0.2, -0.15) is 13.2 Å². The third-order valence-corrected chi connectivity index (χ3v) is 4.70. The largest absolute Gasteiger partial charge is 0.449 e. The number of imidazole rings is 1. The lowest BCUT2D eigenvalue weighted by Crippen LogP contribution is -2.30. The van der Waals surface area contributed by atoms with E-state index in [-0.39, 0.29) is 12.1 Å². The molecule has 1 aromatic heterocycles. The monoisotopic (exact) mass is 301 g/mol. The van der Waals surface area contributed by atoms with Gasteiger partial charge in [0.2, 0.25) is 5.82 Å². The van der Waals surface area contributed by atoms with Gasteiger partial charge in [0, 0.05) is 31.8 Å². The molecule has 0 radical (unpaired) electrons. The minimum Gasteiger partial charge on any atom is -0.376 e. The van der Waals surface area contributed by atoms with Gasteiger partial charge in [-0.25, -0.2) is 4.98 Å². The number of halogens is 3. The molecule has 0 aromatic carbocycles. The Labute approximate surface area is 120 Å². The lowest BCUT2D eigenvalue weighted by molar-refractivity contribution is -0.148. The average Bonchev–Trinajstić information content (AvgIpc) is 3.03. The molecule has 4 nitrogen and oxygen atoms in total.